The van der Waals surface area contributed by atoms with E-state index in [2.05, 4.69) is 49.8 Å². The van der Waals surface area contributed by atoms with Crippen LogP contribution in [0.25, 0.3) is 22.4 Å². The maximum absolute atomic E-state index is 12.1. The molecule has 2 heterocycles. The summed E-state index contributed by atoms with van der Waals surface area (Å²) < 4.78 is 7.37. The molecule has 136 valence electrons. The van der Waals surface area contributed by atoms with Crippen LogP contribution in [-0.4, -0.2) is 27.3 Å². The SMILES string of the molecule is O=C(NCCCn1ccc2ccccc21)Nc1cccc(-c2nnco2)c1. The molecule has 4 aromatic rings. The fourth-order valence-electron chi connectivity index (χ4n) is 2.99. The minimum Gasteiger partial charge on any atom is -0.423 e. The monoisotopic (exact) mass is 361 g/mol. The molecule has 2 aromatic heterocycles. The first-order chi connectivity index (χ1) is 13.3. The highest BCUT2D eigenvalue weighted by Gasteiger charge is 2.06. The quantitative estimate of drug-likeness (QED) is 0.510. The van der Waals surface area contributed by atoms with E-state index in [0.717, 1.165) is 18.5 Å². The first kappa shape index (κ1) is 16.8. The first-order valence-corrected chi connectivity index (χ1v) is 8.75. The molecule has 4 rings (SSSR count). The number of carbonyl (C=O) groups is 1. The van der Waals surface area contributed by atoms with Crippen molar-refractivity contribution in [2.45, 2.75) is 13.0 Å². The molecular formula is C20H19N5O2. The van der Waals surface area contributed by atoms with Crippen molar-refractivity contribution < 1.29 is 9.21 Å². The summed E-state index contributed by atoms with van der Waals surface area (Å²) in [5.74, 6) is 0.415. The normalized spacial score (nSPS) is 10.8. The van der Waals surface area contributed by atoms with Crippen LogP contribution < -0.4 is 10.6 Å². The zero-order chi connectivity index (χ0) is 18.5. The lowest BCUT2D eigenvalue weighted by atomic mass is 10.2. The first-order valence-electron chi connectivity index (χ1n) is 8.75. The molecule has 0 atom stereocenters. The third-order valence-electron chi connectivity index (χ3n) is 4.27. The van der Waals surface area contributed by atoms with Gasteiger partial charge in [0.2, 0.25) is 12.3 Å². The molecule has 2 amide bonds. The predicted octanol–water partition coefficient (Wildman–Crippen LogP) is 3.90. The van der Waals surface area contributed by atoms with E-state index in [-0.39, 0.29) is 6.03 Å². The molecule has 0 spiro atoms. The lowest BCUT2D eigenvalue weighted by molar-refractivity contribution is 0.252. The van der Waals surface area contributed by atoms with E-state index in [9.17, 15) is 4.79 Å². The Labute approximate surface area is 156 Å². The van der Waals surface area contributed by atoms with Gasteiger partial charge in [-0.2, -0.15) is 0 Å². The Kier molecular flexibility index (Phi) is 4.82. The number of hydrogen-bond donors (Lipinski definition) is 2. The fourth-order valence-corrected chi connectivity index (χ4v) is 2.99. The number of aryl methyl sites for hydroxylation is 1. The van der Waals surface area contributed by atoms with Crippen LogP contribution in [0.5, 0.6) is 0 Å². The van der Waals surface area contributed by atoms with Gasteiger partial charge in [-0.1, -0.05) is 24.3 Å². The Morgan fingerprint density at radius 2 is 2.04 bits per heavy atom. The minimum atomic E-state index is -0.241. The average molecular weight is 361 g/mol. The summed E-state index contributed by atoms with van der Waals surface area (Å²) in [5, 5.41) is 14.5. The van der Waals surface area contributed by atoms with Crippen molar-refractivity contribution in [3.8, 4) is 11.5 Å². The highest BCUT2D eigenvalue weighted by molar-refractivity contribution is 5.89. The number of hydrogen-bond acceptors (Lipinski definition) is 4. The summed E-state index contributed by atoms with van der Waals surface area (Å²) in [6, 6.07) is 17.4. The smallest absolute Gasteiger partial charge is 0.319 e. The van der Waals surface area contributed by atoms with Crippen molar-refractivity contribution in [3.05, 3.63) is 67.2 Å². The summed E-state index contributed by atoms with van der Waals surface area (Å²) in [7, 11) is 0. The van der Waals surface area contributed by atoms with Gasteiger partial charge in [0, 0.05) is 36.1 Å². The summed E-state index contributed by atoms with van der Waals surface area (Å²) in [6.45, 7) is 1.43. The van der Waals surface area contributed by atoms with Gasteiger partial charge in [-0.05, 0) is 42.1 Å². The Morgan fingerprint density at radius 1 is 1.11 bits per heavy atom. The third-order valence-corrected chi connectivity index (χ3v) is 4.27. The van der Waals surface area contributed by atoms with Gasteiger partial charge in [0.25, 0.3) is 0 Å². The minimum absolute atomic E-state index is 0.241. The van der Waals surface area contributed by atoms with Crippen molar-refractivity contribution in [1.29, 1.82) is 0 Å². The fraction of sp³-hybridized carbons (Fsp3) is 0.150. The molecule has 7 heteroatoms. The van der Waals surface area contributed by atoms with Gasteiger partial charge < -0.3 is 19.6 Å². The number of aromatic nitrogens is 3. The van der Waals surface area contributed by atoms with Crippen LogP contribution in [0.15, 0.2) is 71.6 Å². The Morgan fingerprint density at radius 3 is 2.93 bits per heavy atom. The van der Waals surface area contributed by atoms with Gasteiger partial charge in [0.05, 0.1) is 0 Å². The molecule has 2 N–H and O–H groups in total. The van der Waals surface area contributed by atoms with Gasteiger partial charge >= 0.3 is 6.03 Å². The maximum atomic E-state index is 12.1. The van der Waals surface area contributed by atoms with Crippen molar-refractivity contribution in [1.82, 2.24) is 20.1 Å². The number of nitrogens with one attached hydrogen (secondary N) is 2. The number of benzene rings is 2. The number of anilines is 1. The van der Waals surface area contributed by atoms with E-state index in [1.54, 1.807) is 6.07 Å². The van der Waals surface area contributed by atoms with Crippen LogP contribution in [0.1, 0.15) is 6.42 Å². The zero-order valence-electron chi connectivity index (χ0n) is 14.6. The van der Waals surface area contributed by atoms with Gasteiger partial charge in [-0.15, -0.1) is 10.2 Å². The van der Waals surface area contributed by atoms with E-state index in [0.29, 0.717) is 18.1 Å². The topological polar surface area (TPSA) is 85.0 Å². The van der Waals surface area contributed by atoms with E-state index in [4.69, 9.17) is 4.42 Å². The van der Waals surface area contributed by atoms with Crippen LogP contribution in [0.3, 0.4) is 0 Å². The molecule has 27 heavy (non-hydrogen) atoms. The lowest BCUT2D eigenvalue weighted by Crippen LogP contribution is -2.30. The molecule has 0 aliphatic carbocycles. The Balaban J connectivity index is 1.27. The van der Waals surface area contributed by atoms with Crippen LogP contribution in [0.2, 0.25) is 0 Å². The van der Waals surface area contributed by atoms with E-state index >= 15 is 0 Å². The molecule has 0 fully saturated rings. The molecule has 0 radical (unpaired) electrons. The van der Waals surface area contributed by atoms with Crippen molar-refractivity contribution in [2.24, 2.45) is 0 Å². The molecule has 0 aliphatic rings. The Bertz CT molecular complexity index is 1040. The summed E-state index contributed by atoms with van der Waals surface area (Å²) in [5.41, 5.74) is 2.63. The lowest BCUT2D eigenvalue weighted by Gasteiger charge is -2.09. The number of amides is 2. The van der Waals surface area contributed by atoms with Crippen LogP contribution in [0, 0.1) is 0 Å². The second-order valence-corrected chi connectivity index (χ2v) is 6.13. The molecule has 0 saturated heterocycles. The number of fused-ring (bicyclic) bond motifs is 1. The van der Waals surface area contributed by atoms with Gasteiger partial charge in [-0.3, -0.25) is 0 Å². The number of carbonyl (C=O) groups excluding carboxylic acids is 1. The molecule has 7 nitrogen and oxygen atoms in total. The van der Waals surface area contributed by atoms with Crippen LogP contribution in [-0.2, 0) is 6.54 Å². The van der Waals surface area contributed by atoms with Gasteiger partial charge in [0.1, 0.15) is 0 Å². The standard InChI is InChI=1S/C20H19N5O2/c26-20(23-17-7-3-6-16(13-17)19-24-22-14-27-19)21-10-4-11-25-12-9-15-5-1-2-8-18(15)25/h1-3,5-9,12-14H,4,10-11H2,(H2,21,23,26). The number of para-hydroxylation sites is 1. The van der Waals surface area contributed by atoms with Crippen LogP contribution in [0.4, 0.5) is 10.5 Å². The van der Waals surface area contributed by atoms with E-state index in [1.165, 1.54) is 17.3 Å². The third kappa shape index (κ3) is 3.98. The molecule has 0 unspecified atom stereocenters. The Hall–Kier alpha value is -3.61. The molecular weight excluding hydrogens is 342 g/mol. The molecule has 0 bridgehead atoms. The number of urea groups is 1. The van der Waals surface area contributed by atoms with Crippen molar-refractivity contribution in [2.75, 3.05) is 11.9 Å². The zero-order valence-corrected chi connectivity index (χ0v) is 14.6. The molecule has 0 saturated carbocycles. The van der Waals surface area contributed by atoms with Gasteiger partial charge in [0.15, 0.2) is 0 Å². The number of nitrogens with zero attached hydrogens (tertiary/aromatic N) is 3. The predicted molar refractivity (Wildman–Crippen MR) is 103 cm³/mol. The number of rotatable bonds is 6. The highest BCUT2D eigenvalue weighted by Crippen LogP contribution is 2.20. The maximum Gasteiger partial charge on any atom is 0.319 e. The second kappa shape index (κ2) is 7.74. The summed E-state index contributed by atoms with van der Waals surface area (Å²) in [4.78, 5) is 12.1. The molecule has 2 aromatic carbocycles. The summed E-state index contributed by atoms with van der Waals surface area (Å²) >= 11 is 0. The average Bonchev–Trinajstić information content (AvgIpc) is 3.36. The van der Waals surface area contributed by atoms with E-state index < -0.39 is 0 Å². The largest absolute Gasteiger partial charge is 0.423 e. The summed E-state index contributed by atoms with van der Waals surface area (Å²) in [6.07, 6.45) is 4.19. The van der Waals surface area contributed by atoms with E-state index in [1.807, 2.05) is 30.3 Å². The van der Waals surface area contributed by atoms with Crippen LogP contribution >= 0.6 is 0 Å². The van der Waals surface area contributed by atoms with Crippen molar-refractivity contribution >= 4 is 22.6 Å². The van der Waals surface area contributed by atoms with Crippen molar-refractivity contribution in [3.63, 3.8) is 0 Å². The van der Waals surface area contributed by atoms with Gasteiger partial charge in [-0.25, -0.2) is 4.79 Å². The molecule has 0 aliphatic heterocycles. The second-order valence-electron chi connectivity index (χ2n) is 6.13. The highest BCUT2D eigenvalue weighted by atomic mass is 16.4.